The first-order valence-electron chi connectivity index (χ1n) is 8.49. The third kappa shape index (κ3) is 3.16. The van der Waals surface area contributed by atoms with Crippen LogP contribution in [0.2, 0.25) is 0 Å². The average molecular weight is 343 g/mol. The van der Waals surface area contributed by atoms with Crippen LogP contribution in [0.25, 0.3) is 11.3 Å². The lowest BCUT2D eigenvalue weighted by atomic mass is 10.1. The first kappa shape index (κ1) is 15.6. The molecule has 0 N–H and O–H groups in total. The second-order valence-electron chi connectivity index (χ2n) is 6.29. The number of carbonyl (C=O) groups is 1. The van der Waals surface area contributed by atoms with Crippen LogP contribution in [0.4, 0.5) is 5.69 Å². The molecular formula is C18H21N3O2S. The molecule has 24 heavy (non-hydrogen) atoms. The summed E-state index contributed by atoms with van der Waals surface area (Å²) in [5.41, 5.74) is 4.66. The molecule has 1 aromatic carbocycles. The largest absolute Gasteiger partial charge is 0.482 e. The Labute approximate surface area is 145 Å². The SMILES string of the molecule is O=C1COc2ccc(-c3cscn3)cc2N1CCN1CCCCC1. The maximum atomic E-state index is 12.4. The van der Waals surface area contributed by atoms with E-state index in [4.69, 9.17) is 4.74 Å². The zero-order valence-corrected chi connectivity index (χ0v) is 14.4. The number of aromatic nitrogens is 1. The molecule has 2 aromatic rings. The number of likely N-dealkylation sites (tertiary alicyclic amines) is 1. The van der Waals surface area contributed by atoms with Crippen LogP contribution in [0.3, 0.4) is 0 Å². The van der Waals surface area contributed by atoms with E-state index in [-0.39, 0.29) is 12.5 Å². The van der Waals surface area contributed by atoms with E-state index in [1.54, 1.807) is 11.3 Å². The Kier molecular flexibility index (Phi) is 4.49. The normalized spacial score (nSPS) is 18.3. The highest BCUT2D eigenvalue weighted by Gasteiger charge is 2.26. The van der Waals surface area contributed by atoms with Gasteiger partial charge in [0, 0.05) is 24.0 Å². The van der Waals surface area contributed by atoms with E-state index < -0.39 is 0 Å². The van der Waals surface area contributed by atoms with Crippen molar-refractivity contribution in [2.75, 3.05) is 37.7 Å². The average Bonchev–Trinajstić information content (AvgIpc) is 3.16. The third-order valence-corrected chi connectivity index (χ3v) is 5.31. The Morgan fingerprint density at radius 3 is 2.83 bits per heavy atom. The number of benzene rings is 1. The number of anilines is 1. The van der Waals surface area contributed by atoms with E-state index in [1.165, 1.54) is 19.3 Å². The number of hydrogen-bond acceptors (Lipinski definition) is 5. The van der Waals surface area contributed by atoms with Gasteiger partial charge in [-0.3, -0.25) is 4.79 Å². The number of fused-ring (bicyclic) bond motifs is 1. The van der Waals surface area contributed by atoms with Gasteiger partial charge in [-0.15, -0.1) is 11.3 Å². The van der Waals surface area contributed by atoms with E-state index in [0.717, 1.165) is 48.9 Å². The lowest BCUT2D eigenvalue weighted by Gasteiger charge is -2.33. The van der Waals surface area contributed by atoms with Crippen molar-refractivity contribution in [2.45, 2.75) is 19.3 Å². The van der Waals surface area contributed by atoms with Gasteiger partial charge in [-0.05, 0) is 44.1 Å². The zero-order chi connectivity index (χ0) is 16.4. The minimum atomic E-state index is 0.0370. The molecule has 1 amide bonds. The molecule has 4 rings (SSSR count). The van der Waals surface area contributed by atoms with Crippen LogP contribution in [0.1, 0.15) is 19.3 Å². The Morgan fingerprint density at radius 2 is 2.04 bits per heavy atom. The summed E-state index contributed by atoms with van der Waals surface area (Å²) in [6.07, 6.45) is 3.86. The van der Waals surface area contributed by atoms with Gasteiger partial charge in [-0.1, -0.05) is 6.42 Å². The van der Waals surface area contributed by atoms with Crippen LogP contribution in [0.15, 0.2) is 29.1 Å². The molecule has 0 aliphatic carbocycles. The van der Waals surface area contributed by atoms with Crippen LogP contribution >= 0.6 is 11.3 Å². The monoisotopic (exact) mass is 343 g/mol. The minimum absolute atomic E-state index is 0.0370. The van der Waals surface area contributed by atoms with Crippen LogP contribution in [-0.2, 0) is 4.79 Å². The highest BCUT2D eigenvalue weighted by atomic mass is 32.1. The Bertz CT molecular complexity index is 711. The molecule has 0 bridgehead atoms. The van der Waals surface area contributed by atoms with Crippen molar-refractivity contribution in [1.29, 1.82) is 0 Å². The summed E-state index contributed by atoms with van der Waals surface area (Å²) in [4.78, 5) is 21.1. The number of hydrogen-bond donors (Lipinski definition) is 0. The van der Waals surface area contributed by atoms with Gasteiger partial charge in [0.2, 0.25) is 0 Å². The molecule has 2 aliphatic heterocycles. The molecule has 126 valence electrons. The third-order valence-electron chi connectivity index (χ3n) is 4.72. The Morgan fingerprint density at radius 1 is 1.17 bits per heavy atom. The van der Waals surface area contributed by atoms with Crippen molar-refractivity contribution in [2.24, 2.45) is 0 Å². The summed E-state index contributed by atoms with van der Waals surface area (Å²) >= 11 is 1.57. The predicted molar refractivity (Wildman–Crippen MR) is 95.7 cm³/mol. The van der Waals surface area contributed by atoms with Crippen molar-refractivity contribution in [3.8, 4) is 17.0 Å². The highest BCUT2D eigenvalue weighted by Crippen LogP contribution is 2.35. The van der Waals surface area contributed by atoms with Crippen LogP contribution in [0.5, 0.6) is 5.75 Å². The van der Waals surface area contributed by atoms with E-state index in [2.05, 4.69) is 9.88 Å². The van der Waals surface area contributed by atoms with Gasteiger partial charge in [0.05, 0.1) is 16.9 Å². The number of piperidine rings is 1. The van der Waals surface area contributed by atoms with E-state index in [1.807, 2.05) is 34.0 Å². The smallest absolute Gasteiger partial charge is 0.265 e. The van der Waals surface area contributed by atoms with Gasteiger partial charge in [0.25, 0.3) is 5.91 Å². The number of ether oxygens (including phenoxy) is 1. The maximum absolute atomic E-state index is 12.4. The number of nitrogens with zero attached hydrogens (tertiary/aromatic N) is 3. The molecule has 3 heterocycles. The summed E-state index contributed by atoms with van der Waals surface area (Å²) in [7, 11) is 0. The molecule has 0 unspecified atom stereocenters. The van der Waals surface area contributed by atoms with Gasteiger partial charge < -0.3 is 14.5 Å². The molecule has 0 atom stereocenters. The Hall–Kier alpha value is -1.92. The lowest BCUT2D eigenvalue weighted by molar-refractivity contribution is -0.121. The van der Waals surface area contributed by atoms with Crippen molar-refractivity contribution >= 4 is 22.9 Å². The molecule has 2 aliphatic rings. The summed E-state index contributed by atoms with van der Waals surface area (Å²) in [6.45, 7) is 4.05. The molecule has 1 fully saturated rings. The van der Waals surface area contributed by atoms with E-state index >= 15 is 0 Å². The van der Waals surface area contributed by atoms with E-state index in [9.17, 15) is 4.79 Å². The van der Waals surface area contributed by atoms with Crippen LogP contribution in [-0.4, -0.2) is 48.6 Å². The summed E-state index contributed by atoms with van der Waals surface area (Å²) in [6, 6.07) is 5.98. The second kappa shape index (κ2) is 6.91. The first-order chi connectivity index (χ1) is 11.8. The molecule has 0 radical (unpaired) electrons. The first-order valence-corrected chi connectivity index (χ1v) is 9.44. The van der Waals surface area contributed by atoms with Gasteiger partial charge in [-0.2, -0.15) is 0 Å². The predicted octanol–water partition coefficient (Wildman–Crippen LogP) is 3.02. The van der Waals surface area contributed by atoms with E-state index in [0.29, 0.717) is 0 Å². The number of rotatable bonds is 4. The van der Waals surface area contributed by atoms with Crippen molar-refractivity contribution in [3.05, 3.63) is 29.1 Å². The van der Waals surface area contributed by atoms with Gasteiger partial charge >= 0.3 is 0 Å². The number of amides is 1. The molecule has 1 aromatic heterocycles. The van der Waals surface area contributed by atoms with Crippen molar-refractivity contribution in [1.82, 2.24) is 9.88 Å². The van der Waals surface area contributed by atoms with Gasteiger partial charge in [0.15, 0.2) is 6.61 Å². The highest BCUT2D eigenvalue weighted by molar-refractivity contribution is 7.07. The molecule has 0 saturated carbocycles. The van der Waals surface area contributed by atoms with Crippen molar-refractivity contribution in [3.63, 3.8) is 0 Å². The summed E-state index contributed by atoms with van der Waals surface area (Å²) in [5, 5.41) is 2.02. The lowest BCUT2D eigenvalue weighted by Crippen LogP contribution is -2.44. The van der Waals surface area contributed by atoms with Crippen LogP contribution in [0, 0.1) is 0 Å². The second-order valence-corrected chi connectivity index (χ2v) is 7.01. The van der Waals surface area contributed by atoms with Gasteiger partial charge in [-0.25, -0.2) is 4.98 Å². The van der Waals surface area contributed by atoms with Crippen LogP contribution < -0.4 is 9.64 Å². The fourth-order valence-corrected chi connectivity index (χ4v) is 3.95. The summed E-state index contributed by atoms with van der Waals surface area (Å²) in [5.74, 6) is 0.821. The minimum Gasteiger partial charge on any atom is -0.482 e. The Balaban J connectivity index is 1.56. The molecular weight excluding hydrogens is 322 g/mol. The molecule has 0 spiro atoms. The fourth-order valence-electron chi connectivity index (χ4n) is 3.39. The molecule has 1 saturated heterocycles. The quantitative estimate of drug-likeness (QED) is 0.856. The van der Waals surface area contributed by atoms with Crippen molar-refractivity contribution < 1.29 is 9.53 Å². The number of carbonyl (C=O) groups excluding carboxylic acids is 1. The maximum Gasteiger partial charge on any atom is 0.265 e. The molecule has 6 heteroatoms. The standard InChI is InChI=1S/C18H21N3O2S/c22-18-11-23-17-5-4-14(15-12-24-13-19-15)10-16(17)21(18)9-8-20-6-2-1-3-7-20/h4-5,10,12-13H,1-3,6-9,11H2. The number of thiazole rings is 1. The zero-order valence-electron chi connectivity index (χ0n) is 13.6. The summed E-state index contributed by atoms with van der Waals surface area (Å²) < 4.78 is 5.61. The van der Waals surface area contributed by atoms with Gasteiger partial charge in [0.1, 0.15) is 5.75 Å². The fraction of sp³-hybridized carbons (Fsp3) is 0.444. The molecule has 5 nitrogen and oxygen atoms in total. The topological polar surface area (TPSA) is 45.7 Å².